The topological polar surface area (TPSA) is 66.8 Å². The number of carboxylic acids is 1. The fourth-order valence-electron chi connectivity index (χ4n) is 3.18. The summed E-state index contributed by atoms with van der Waals surface area (Å²) in [6.07, 6.45) is 2.63. The number of carboxylic acid groups (broad SMARTS) is 1. The molecule has 0 saturated heterocycles. The van der Waals surface area contributed by atoms with Crippen LogP contribution in [-0.4, -0.2) is 16.2 Å². The van der Waals surface area contributed by atoms with E-state index in [1.54, 1.807) is 36.4 Å². The van der Waals surface area contributed by atoms with Gasteiger partial charge in [-0.05, 0) is 59.0 Å². The highest BCUT2D eigenvalue weighted by Crippen LogP contribution is 2.40. The maximum Gasteiger partial charge on any atom is 0.328 e. The highest BCUT2D eigenvalue weighted by atomic mass is 16.5. The molecule has 0 radical (unpaired) electrons. The van der Waals surface area contributed by atoms with Crippen LogP contribution in [0, 0.1) is 0 Å². The number of aromatic hydroxyl groups is 1. The largest absolute Gasteiger partial charge is 0.508 e. The van der Waals surface area contributed by atoms with Crippen LogP contribution < -0.4 is 4.74 Å². The Labute approximate surface area is 167 Å². The summed E-state index contributed by atoms with van der Waals surface area (Å²) in [5, 5.41) is 20.3. The van der Waals surface area contributed by atoms with Crippen LogP contribution in [0.15, 0.2) is 91.0 Å². The first kappa shape index (κ1) is 18.3. The second-order valence-corrected chi connectivity index (χ2v) is 6.56. The lowest BCUT2D eigenvalue weighted by molar-refractivity contribution is -0.131. The Bertz CT molecular complexity index is 1190. The Morgan fingerprint density at radius 1 is 0.862 bits per heavy atom. The number of hydrogen-bond donors (Lipinski definition) is 2. The van der Waals surface area contributed by atoms with Crippen LogP contribution in [0.4, 0.5) is 0 Å². The first-order valence-corrected chi connectivity index (χ1v) is 9.10. The zero-order chi connectivity index (χ0) is 20.2. The Kier molecular flexibility index (Phi) is 4.99. The maximum atomic E-state index is 10.7. The molecule has 4 aromatic rings. The van der Waals surface area contributed by atoms with E-state index in [1.165, 1.54) is 6.08 Å². The van der Waals surface area contributed by atoms with Gasteiger partial charge in [-0.1, -0.05) is 48.5 Å². The van der Waals surface area contributed by atoms with Crippen molar-refractivity contribution >= 4 is 22.8 Å². The quantitative estimate of drug-likeness (QED) is 0.409. The van der Waals surface area contributed by atoms with Gasteiger partial charge >= 0.3 is 5.97 Å². The molecule has 29 heavy (non-hydrogen) atoms. The van der Waals surface area contributed by atoms with Crippen LogP contribution in [0.3, 0.4) is 0 Å². The molecule has 2 N–H and O–H groups in total. The number of phenolic OH excluding ortho intramolecular Hbond substituents is 1. The van der Waals surface area contributed by atoms with Gasteiger partial charge in [0.15, 0.2) is 0 Å². The monoisotopic (exact) mass is 382 g/mol. The number of carbonyl (C=O) groups is 1. The van der Waals surface area contributed by atoms with Gasteiger partial charge in [0, 0.05) is 17.0 Å². The number of ether oxygens (including phenoxy) is 1. The Morgan fingerprint density at radius 2 is 1.62 bits per heavy atom. The van der Waals surface area contributed by atoms with Crippen LogP contribution in [0.25, 0.3) is 28.0 Å². The van der Waals surface area contributed by atoms with Crippen LogP contribution >= 0.6 is 0 Å². The molecule has 0 aliphatic heterocycles. The molecule has 0 amide bonds. The summed E-state index contributed by atoms with van der Waals surface area (Å²) in [5.41, 5.74) is 2.74. The van der Waals surface area contributed by atoms with Crippen LogP contribution in [0.2, 0.25) is 0 Å². The molecule has 0 unspecified atom stereocenters. The average Bonchev–Trinajstić information content (AvgIpc) is 2.74. The molecule has 142 valence electrons. The van der Waals surface area contributed by atoms with Gasteiger partial charge in [0.2, 0.25) is 0 Å². The molecule has 4 nitrogen and oxygen atoms in total. The third-order valence-electron chi connectivity index (χ3n) is 4.56. The lowest BCUT2D eigenvalue weighted by atomic mass is 9.99. The number of benzene rings is 4. The molecule has 4 heteroatoms. The molecular formula is C25H18O4. The third-order valence-corrected chi connectivity index (χ3v) is 4.56. The smallest absolute Gasteiger partial charge is 0.328 e. The second-order valence-electron chi connectivity index (χ2n) is 6.56. The van der Waals surface area contributed by atoms with Crippen molar-refractivity contribution in [1.82, 2.24) is 0 Å². The van der Waals surface area contributed by atoms with Crippen molar-refractivity contribution in [2.45, 2.75) is 0 Å². The predicted molar refractivity (Wildman–Crippen MR) is 114 cm³/mol. The predicted octanol–water partition coefficient (Wildman–Crippen LogP) is 6.10. The zero-order valence-corrected chi connectivity index (χ0v) is 15.4. The number of hydrogen-bond acceptors (Lipinski definition) is 3. The molecule has 0 spiro atoms. The molecular weight excluding hydrogens is 364 g/mol. The van der Waals surface area contributed by atoms with Gasteiger partial charge in [0.05, 0.1) is 0 Å². The summed E-state index contributed by atoms with van der Waals surface area (Å²) in [6.45, 7) is 0. The molecule has 0 bridgehead atoms. The summed E-state index contributed by atoms with van der Waals surface area (Å²) in [7, 11) is 0. The fourth-order valence-corrected chi connectivity index (χ4v) is 3.18. The Morgan fingerprint density at radius 3 is 2.34 bits per heavy atom. The molecule has 4 aromatic carbocycles. The maximum absolute atomic E-state index is 10.7. The van der Waals surface area contributed by atoms with Gasteiger partial charge in [-0.15, -0.1) is 0 Å². The van der Waals surface area contributed by atoms with Crippen molar-refractivity contribution in [1.29, 1.82) is 0 Å². The van der Waals surface area contributed by atoms with Crippen LogP contribution in [-0.2, 0) is 4.79 Å². The van der Waals surface area contributed by atoms with E-state index in [-0.39, 0.29) is 5.75 Å². The van der Waals surface area contributed by atoms with Crippen molar-refractivity contribution in [2.75, 3.05) is 0 Å². The van der Waals surface area contributed by atoms with Crippen molar-refractivity contribution in [3.8, 4) is 28.4 Å². The van der Waals surface area contributed by atoms with Crippen molar-refractivity contribution in [3.63, 3.8) is 0 Å². The molecule has 0 atom stereocenters. The van der Waals surface area contributed by atoms with E-state index in [0.717, 1.165) is 33.5 Å². The van der Waals surface area contributed by atoms with Gasteiger partial charge in [-0.25, -0.2) is 4.79 Å². The van der Waals surface area contributed by atoms with E-state index in [0.29, 0.717) is 11.5 Å². The number of aliphatic carboxylic acids is 1. The molecule has 0 aromatic heterocycles. The minimum atomic E-state index is -0.989. The highest BCUT2D eigenvalue weighted by Gasteiger charge is 2.12. The zero-order valence-electron chi connectivity index (χ0n) is 15.4. The summed E-state index contributed by atoms with van der Waals surface area (Å²) < 4.78 is 6.28. The average molecular weight is 382 g/mol. The molecule has 0 aliphatic rings. The summed E-state index contributed by atoms with van der Waals surface area (Å²) in [6, 6.07) is 26.3. The number of phenols is 1. The van der Waals surface area contributed by atoms with Gasteiger partial charge in [-0.2, -0.15) is 0 Å². The van der Waals surface area contributed by atoms with E-state index in [1.807, 2.05) is 48.5 Å². The van der Waals surface area contributed by atoms with Crippen molar-refractivity contribution < 1.29 is 19.7 Å². The van der Waals surface area contributed by atoms with E-state index >= 15 is 0 Å². The molecule has 0 aliphatic carbocycles. The minimum absolute atomic E-state index is 0.200. The van der Waals surface area contributed by atoms with Crippen LogP contribution in [0.5, 0.6) is 17.2 Å². The Hall–Kier alpha value is -4.05. The summed E-state index contributed by atoms with van der Waals surface area (Å²) in [5.74, 6) is 0.542. The van der Waals surface area contributed by atoms with Crippen molar-refractivity contribution in [3.05, 3.63) is 96.6 Å². The minimum Gasteiger partial charge on any atom is -0.508 e. The lowest BCUT2D eigenvalue weighted by Crippen LogP contribution is -1.91. The van der Waals surface area contributed by atoms with Gasteiger partial charge in [-0.3, -0.25) is 0 Å². The van der Waals surface area contributed by atoms with E-state index < -0.39 is 5.97 Å². The Balaban J connectivity index is 1.78. The summed E-state index contributed by atoms with van der Waals surface area (Å²) >= 11 is 0. The second kappa shape index (κ2) is 7.90. The molecule has 0 fully saturated rings. The van der Waals surface area contributed by atoms with Gasteiger partial charge in [0.1, 0.15) is 17.2 Å². The van der Waals surface area contributed by atoms with E-state index in [2.05, 4.69) is 0 Å². The summed E-state index contributed by atoms with van der Waals surface area (Å²) in [4.78, 5) is 10.7. The van der Waals surface area contributed by atoms with Crippen LogP contribution in [0.1, 0.15) is 5.56 Å². The lowest BCUT2D eigenvalue weighted by Gasteiger charge is -2.15. The molecule has 4 rings (SSSR count). The molecule has 0 saturated carbocycles. The number of rotatable bonds is 5. The SMILES string of the molecule is O=C(O)/C=C/c1ccc(Oc2c(-c3ccccc3)ccc3cc(O)ccc23)cc1. The number of fused-ring (bicyclic) bond motifs is 1. The normalized spacial score (nSPS) is 11.0. The first-order valence-electron chi connectivity index (χ1n) is 9.10. The van der Waals surface area contributed by atoms with Gasteiger partial charge in [0.25, 0.3) is 0 Å². The van der Waals surface area contributed by atoms with E-state index in [4.69, 9.17) is 9.84 Å². The third kappa shape index (κ3) is 4.12. The van der Waals surface area contributed by atoms with Gasteiger partial charge < -0.3 is 14.9 Å². The fraction of sp³-hybridized carbons (Fsp3) is 0. The van der Waals surface area contributed by atoms with Crippen molar-refractivity contribution in [2.24, 2.45) is 0 Å². The molecule has 0 heterocycles. The highest BCUT2D eigenvalue weighted by molar-refractivity contribution is 5.96. The van der Waals surface area contributed by atoms with E-state index in [9.17, 15) is 9.90 Å². The first-order chi connectivity index (χ1) is 14.1. The standard InChI is InChI=1S/C25H18O4/c26-20-10-14-23-19(16-20)9-13-22(18-4-2-1-3-5-18)25(23)29-21-11-6-17(7-12-21)8-15-24(27)28/h1-16,26H,(H,27,28)/b15-8+.